The van der Waals surface area contributed by atoms with Crippen LogP contribution < -0.4 is 0 Å². The molecule has 0 aliphatic carbocycles. The number of piperidine rings is 1. The smallest absolute Gasteiger partial charge is 0.0395 e. The van der Waals surface area contributed by atoms with E-state index in [1.165, 1.54) is 29.7 Å². The van der Waals surface area contributed by atoms with E-state index in [2.05, 4.69) is 74.7 Å². The Kier molecular flexibility index (Phi) is 5.44. The van der Waals surface area contributed by atoms with Crippen LogP contribution in [0.1, 0.15) is 45.1 Å². The van der Waals surface area contributed by atoms with Gasteiger partial charge in [0.1, 0.15) is 0 Å². The predicted octanol–water partition coefficient (Wildman–Crippen LogP) is 5.29. The van der Waals surface area contributed by atoms with E-state index in [9.17, 15) is 0 Å². The number of rotatable bonds is 4. The van der Waals surface area contributed by atoms with Crippen molar-refractivity contribution in [2.45, 2.75) is 39.5 Å². The molecule has 1 heterocycles. The van der Waals surface area contributed by atoms with Crippen molar-refractivity contribution in [2.75, 3.05) is 13.1 Å². The normalized spacial score (nSPS) is 18.0. The van der Waals surface area contributed by atoms with Crippen LogP contribution in [0.5, 0.6) is 0 Å². The topological polar surface area (TPSA) is 3.24 Å². The van der Waals surface area contributed by atoms with Gasteiger partial charge in [0.05, 0.1) is 0 Å². The summed E-state index contributed by atoms with van der Waals surface area (Å²) < 4.78 is 0. The van der Waals surface area contributed by atoms with Gasteiger partial charge in [0.2, 0.25) is 0 Å². The highest BCUT2D eigenvalue weighted by molar-refractivity contribution is 5.35. The fourth-order valence-corrected chi connectivity index (χ4v) is 3.02. The van der Waals surface area contributed by atoms with E-state index >= 15 is 0 Å². The average molecular weight is 281 g/mol. The summed E-state index contributed by atoms with van der Waals surface area (Å²) in [6.07, 6.45) is 6.82. The molecule has 1 aliphatic heterocycles. The first kappa shape index (κ1) is 15.6. The van der Waals surface area contributed by atoms with Crippen LogP contribution >= 0.6 is 0 Å². The van der Waals surface area contributed by atoms with Crippen molar-refractivity contribution >= 4 is 0 Å². The highest BCUT2D eigenvalue weighted by Crippen LogP contribution is 2.30. The number of likely N-dealkylation sites (tertiary alicyclic amines) is 1. The zero-order valence-corrected chi connectivity index (χ0v) is 13.6. The summed E-state index contributed by atoms with van der Waals surface area (Å²) in [6.45, 7) is 12.7. The van der Waals surface area contributed by atoms with Gasteiger partial charge < -0.3 is 4.90 Å². The van der Waals surface area contributed by atoms with E-state index in [0.29, 0.717) is 5.92 Å². The molecule has 0 N–H and O–H groups in total. The number of benzene rings is 1. The molecule has 1 nitrogen and oxygen atoms in total. The summed E-state index contributed by atoms with van der Waals surface area (Å²) in [5, 5.41) is 0. The number of nitrogens with zero attached hydrogens (tertiary/aromatic N) is 1. The second-order valence-electron chi connectivity index (χ2n) is 5.96. The summed E-state index contributed by atoms with van der Waals surface area (Å²) in [4.78, 5) is 2.52. The highest BCUT2D eigenvalue weighted by atomic mass is 15.1. The summed E-state index contributed by atoms with van der Waals surface area (Å²) in [7, 11) is 0. The molecule has 0 amide bonds. The largest absolute Gasteiger partial charge is 0.371 e. The molecule has 0 saturated carbocycles. The summed E-state index contributed by atoms with van der Waals surface area (Å²) in [6, 6.07) is 10.9. The maximum atomic E-state index is 4.10. The number of hydrogen-bond donors (Lipinski definition) is 0. The standard InChI is InChI=1S/C20H27N/c1-5-9-20(17(4)16(2)3)21-14-12-19(13-15-21)18-10-7-6-8-11-18/h5-11,19H,2,12-15H2,1,3-4H3/b9-5-,20-17+. The zero-order chi connectivity index (χ0) is 15.2. The van der Waals surface area contributed by atoms with Crippen molar-refractivity contribution in [1.82, 2.24) is 4.90 Å². The zero-order valence-electron chi connectivity index (χ0n) is 13.6. The van der Waals surface area contributed by atoms with Crippen molar-refractivity contribution in [1.29, 1.82) is 0 Å². The van der Waals surface area contributed by atoms with Crippen LogP contribution in [0.2, 0.25) is 0 Å². The summed E-state index contributed by atoms with van der Waals surface area (Å²) in [5.74, 6) is 0.708. The summed E-state index contributed by atoms with van der Waals surface area (Å²) in [5.41, 5.74) is 5.31. The van der Waals surface area contributed by atoms with Gasteiger partial charge in [-0.3, -0.25) is 0 Å². The van der Waals surface area contributed by atoms with Gasteiger partial charge in [0.25, 0.3) is 0 Å². The minimum absolute atomic E-state index is 0.708. The van der Waals surface area contributed by atoms with Gasteiger partial charge in [-0.15, -0.1) is 0 Å². The van der Waals surface area contributed by atoms with Crippen LogP contribution in [0, 0.1) is 0 Å². The SMILES string of the molecule is C=C(C)/C(C)=C(\C=C/C)N1CCC(c2ccccc2)CC1. The molecule has 1 aliphatic rings. The van der Waals surface area contributed by atoms with Gasteiger partial charge in [0.15, 0.2) is 0 Å². The molecule has 0 unspecified atom stereocenters. The fourth-order valence-electron chi connectivity index (χ4n) is 3.02. The van der Waals surface area contributed by atoms with Crippen molar-refractivity contribution in [3.05, 3.63) is 71.5 Å². The highest BCUT2D eigenvalue weighted by Gasteiger charge is 2.21. The van der Waals surface area contributed by atoms with Crippen LogP contribution in [0.25, 0.3) is 0 Å². The lowest BCUT2D eigenvalue weighted by Crippen LogP contribution is -2.32. The first-order valence-corrected chi connectivity index (χ1v) is 7.92. The Morgan fingerprint density at radius 1 is 1.14 bits per heavy atom. The summed E-state index contributed by atoms with van der Waals surface area (Å²) >= 11 is 0. The van der Waals surface area contributed by atoms with Crippen molar-refractivity contribution in [2.24, 2.45) is 0 Å². The Balaban J connectivity index is 2.09. The first-order valence-electron chi connectivity index (χ1n) is 7.92. The van der Waals surface area contributed by atoms with E-state index < -0.39 is 0 Å². The number of hydrogen-bond acceptors (Lipinski definition) is 1. The molecule has 0 bridgehead atoms. The molecule has 1 saturated heterocycles. The van der Waals surface area contributed by atoms with Crippen LogP contribution in [0.4, 0.5) is 0 Å². The van der Waals surface area contributed by atoms with Crippen molar-refractivity contribution in [3.63, 3.8) is 0 Å². The van der Waals surface area contributed by atoms with Crippen LogP contribution in [-0.4, -0.2) is 18.0 Å². The molecule has 1 aromatic rings. The monoisotopic (exact) mass is 281 g/mol. The molecule has 0 spiro atoms. The van der Waals surface area contributed by atoms with E-state index in [0.717, 1.165) is 18.7 Å². The second-order valence-corrected chi connectivity index (χ2v) is 5.96. The van der Waals surface area contributed by atoms with Gasteiger partial charge in [-0.05, 0) is 56.7 Å². The maximum absolute atomic E-state index is 4.10. The molecule has 1 aromatic carbocycles. The van der Waals surface area contributed by atoms with E-state index in [1.54, 1.807) is 0 Å². The van der Waals surface area contributed by atoms with Gasteiger partial charge in [-0.25, -0.2) is 0 Å². The minimum atomic E-state index is 0.708. The lowest BCUT2D eigenvalue weighted by molar-refractivity contribution is 0.268. The van der Waals surface area contributed by atoms with Crippen molar-refractivity contribution in [3.8, 4) is 0 Å². The third kappa shape index (κ3) is 3.87. The average Bonchev–Trinajstić information content (AvgIpc) is 2.53. The molecular weight excluding hydrogens is 254 g/mol. The van der Waals surface area contributed by atoms with E-state index in [4.69, 9.17) is 0 Å². The molecule has 0 atom stereocenters. The molecule has 0 radical (unpaired) electrons. The predicted molar refractivity (Wildman–Crippen MR) is 92.3 cm³/mol. The quantitative estimate of drug-likeness (QED) is 0.678. The molecule has 112 valence electrons. The molecule has 1 fully saturated rings. The molecule has 21 heavy (non-hydrogen) atoms. The van der Waals surface area contributed by atoms with Crippen LogP contribution in [-0.2, 0) is 0 Å². The van der Waals surface area contributed by atoms with Gasteiger partial charge in [0, 0.05) is 18.8 Å². The van der Waals surface area contributed by atoms with E-state index in [-0.39, 0.29) is 0 Å². The first-order chi connectivity index (χ1) is 10.1. The Morgan fingerprint density at radius 3 is 2.29 bits per heavy atom. The minimum Gasteiger partial charge on any atom is -0.371 e. The molecular formula is C20H27N. The Hall–Kier alpha value is -1.76. The lowest BCUT2D eigenvalue weighted by Gasteiger charge is -2.35. The van der Waals surface area contributed by atoms with Gasteiger partial charge >= 0.3 is 0 Å². The fraction of sp³-hybridized carbons (Fsp3) is 0.400. The number of allylic oxidation sites excluding steroid dienone is 4. The Morgan fingerprint density at radius 2 is 1.76 bits per heavy atom. The van der Waals surface area contributed by atoms with Gasteiger partial charge in [-0.2, -0.15) is 0 Å². The Labute approximate surface area is 129 Å². The van der Waals surface area contributed by atoms with E-state index in [1.807, 2.05) is 0 Å². The maximum Gasteiger partial charge on any atom is 0.0395 e. The third-order valence-electron chi connectivity index (χ3n) is 4.46. The molecule has 1 heteroatoms. The third-order valence-corrected chi connectivity index (χ3v) is 4.46. The molecule has 2 rings (SSSR count). The molecule has 0 aromatic heterocycles. The van der Waals surface area contributed by atoms with Crippen molar-refractivity contribution < 1.29 is 0 Å². The van der Waals surface area contributed by atoms with Crippen LogP contribution in [0.3, 0.4) is 0 Å². The van der Waals surface area contributed by atoms with Crippen LogP contribution in [0.15, 0.2) is 65.9 Å². The van der Waals surface area contributed by atoms with Gasteiger partial charge in [-0.1, -0.05) is 48.6 Å². The Bertz CT molecular complexity index is 528. The lowest BCUT2D eigenvalue weighted by atomic mass is 9.89. The second kappa shape index (κ2) is 7.31.